The summed E-state index contributed by atoms with van der Waals surface area (Å²) in [6, 6.07) is 20.0. The Morgan fingerprint density at radius 2 is 1.81 bits per heavy atom. The molecule has 1 aliphatic heterocycles. The van der Waals surface area contributed by atoms with E-state index in [4.69, 9.17) is 4.42 Å². The van der Waals surface area contributed by atoms with Crippen LogP contribution in [0.15, 0.2) is 94.5 Å². The predicted octanol–water partition coefficient (Wildman–Crippen LogP) is 4.09. The van der Waals surface area contributed by atoms with Gasteiger partial charge in [-0.3, -0.25) is 4.79 Å². The van der Waals surface area contributed by atoms with Crippen molar-refractivity contribution in [3.8, 4) is 0 Å². The normalized spacial score (nSPS) is 14.5. The Labute approximate surface area is 187 Å². The van der Waals surface area contributed by atoms with Gasteiger partial charge in [-0.25, -0.2) is 13.1 Å². The Bertz CT molecular complexity index is 1210. The third kappa shape index (κ3) is 5.43. The first-order chi connectivity index (χ1) is 15.5. The van der Waals surface area contributed by atoms with E-state index in [9.17, 15) is 13.2 Å². The first-order valence-corrected chi connectivity index (χ1v) is 11.8. The molecule has 0 bridgehead atoms. The molecule has 1 aromatic heterocycles. The van der Waals surface area contributed by atoms with Gasteiger partial charge in [-0.1, -0.05) is 48.5 Å². The molecule has 0 spiro atoms. The average Bonchev–Trinajstić information content (AvgIpc) is 3.36. The molecule has 0 fully saturated rings. The number of amides is 1. The summed E-state index contributed by atoms with van der Waals surface area (Å²) in [5.74, 6) is 0.472. The molecule has 0 unspecified atom stereocenters. The third-order valence-electron chi connectivity index (χ3n) is 5.29. The first kappa shape index (κ1) is 21.8. The van der Waals surface area contributed by atoms with Crippen LogP contribution in [-0.2, 0) is 21.4 Å². The quantitative estimate of drug-likeness (QED) is 0.552. The van der Waals surface area contributed by atoms with Crippen molar-refractivity contribution >= 4 is 27.6 Å². The number of hydrogen-bond donors (Lipinski definition) is 1. The molecule has 3 aromatic rings. The summed E-state index contributed by atoms with van der Waals surface area (Å²) >= 11 is 0. The van der Waals surface area contributed by atoms with E-state index in [1.165, 1.54) is 35.6 Å². The number of nitrogens with zero attached hydrogens (tertiary/aromatic N) is 1. The minimum absolute atomic E-state index is 0.0647. The van der Waals surface area contributed by atoms with Gasteiger partial charge in [0.05, 0.1) is 17.7 Å². The Morgan fingerprint density at radius 1 is 1.03 bits per heavy atom. The summed E-state index contributed by atoms with van der Waals surface area (Å²) in [7, 11) is -3.65. The molecule has 0 atom stereocenters. The standard InChI is InChI=1S/C25H24N2O4S/c28-25(27-16-14-22(15-17-27)21-5-2-1-3-6-21)13-10-20-8-11-24(12-9-20)32(29,30)26-19-23-7-4-18-31-23/h1-14,18,26H,15-17,19H2/b13-10+. The Balaban J connectivity index is 1.33. The van der Waals surface area contributed by atoms with Crippen LogP contribution in [0.3, 0.4) is 0 Å². The van der Waals surface area contributed by atoms with Crippen LogP contribution in [0.5, 0.6) is 0 Å². The minimum Gasteiger partial charge on any atom is -0.468 e. The molecular formula is C25H24N2O4S. The highest BCUT2D eigenvalue weighted by Crippen LogP contribution is 2.22. The summed E-state index contributed by atoms with van der Waals surface area (Å²) in [4.78, 5) is 14.5. The molecule has 0 saturated carbocycles. The van der Waals surface area contributed by atoms with Crippen LogP contribution in [-0.4, -0.2) is 32.3 Å². The number of furan rings is 1. The monoisotopic (exact) mass is 448 g/mol. The van der Waals surface area contributed by atoms with Crippen LogP contribution in [0.2, 0.25) is 0 Å². The van der Waals surface area contributed by atoms with Gasteiger partial charge in [0.2, 0.25) is 15.9 Å². The van der Waals surface area contributed by atoms with Crippen molar-refractivity contribution in [2.24, 2.45) is 0 Å². The van der Waals surface area contributed by atoms with Crippen LogP contribution in [0.1, 0.15) is 23.3 Å². The van der Waals surface area contributed by atoms with Gasteiger partial charge in [0.15, 0.2) is 0 Å². The van der Waals surface area contributed by atoms with Crippen LogP contribution < -0.4 is 4.72 Å². The molecule has 164 valence electrons. The number of benzene rings is 2. The van der Waals surface area contributed by atoms with Gasteiger partial charge in [-0.15, -0.1) is 0 Å². The van der Waals surface area contributed by atoms with Crippen molar-refractivity contribution in [3.05, 3.63) is 102 Å². The second-order valence-corrected chi connectivity index (χ2v) is 9.20. The minimum atomic E-state index is -3.65. The molecule has 6 nitrogen and oxygen atoms in total. The largest absolute Gasteiger partial charge is 0.468 e. The highest BCUT2D eigenvalue weighted by Gasteiger charge is 2.16. The summed E-state index contributed by atoms with van der Waals surface area (Å²) in [6.45, 7) is 1.33. The van der Waals surface area contributed by atoms with Crippen LogP contribution in [0.4, 0.5) is 0 Å². The first-order valence-electron chi connectivity index (χ1n) is 10.3. The molecule has 0 radical (unpaired) electrons. The van der Waals surface area contributed by atoms with Crippen LogP contribution in [0, 0.1) is 0 Å². The molecule has 1 N–H and O–H groups in total. The maximum atomic E-state index is 12.5. The van der Waals surface area contributed by atoms with E-state index in [1.54, 1.807) is 35.2 Å². The van der Waals surface area contributed by atoms with E-state index in [-0.39, 0.29) is 17.3 Å². The zero-order valence-electron chi connectivity index (χ0n) is 17.5. The van der Waals surface area contributed by atoms with E-state index in [0.29, 0.717) is 18.8 Å². The number of carbonyl (C=O) groups excluding carboxylic acids is 1. The van der Waals surface area contributed by atoms with Crippen molar-refractivity contribution in [1.29, 1.82) is 0 Å². The predicted molar refractivity (Wildman–Crippen MR) is 124 cm³/mol. The molecule has 0 saturated heterocycles. The lowest BCUT2D eigenvalue weighted by molar-refractivity contribution is -0.125. The number of nitrogens with one attached hydrogen (secondary N) is 1. The fourth-order valence-electron chi connectivity index (χ4n) is 3.48. The van der Waals surface area contributed by atoms with Gasteiger partial charge in [0.25, 0.3) is 0 Å². The highest BCUT2D eigenvalue weighted by atomic mass is 32.2. The van der Waals surface area contributed by atoms with Gasteiger partial charge in [-0.05, 0) is 53.5 Å². The van der Waals surface area contributed by atoms with Gasteiger partial charge < -0.3 is 9.32 Å². The lowest BCUT2D eigenvalue weighted by Crippen LogP contribution is -2.33. The zero-order chi connectivity index (χ0) is 22.4. The molecule has 7 heteroatoms. The number of rotatable bonds is 7. The van der Waals surface area contributed by atoms with E-state index in [1.807, 2.05) is 18.2 Å². The summed E-state index contributed by atoms with van der Waals surface area (Å²) in [6.07, 6.45) is 7.64. The van der Waals surface area contributed by atoms with Crippen LogP contribution >= 0.6 is 0 Å². The van der Waals surface area contributed by atoms with Gasteiger partial charge in [0, 0.05) is 19.2 Å². The van der Waals surface area contributed by atoms with Crippen molar-refractivity contribution in [1.82, 2.24) is 9.62 Å². The van der Waals surface area contributed by atoms with E-state index >= 15 is 0 Å². The second-order valence-electron chi connectivity index (χ2n) is 7.44. The van der Waals surface area contributed by atoms with E-state index in [0.717, 1.165) is 12.0 Å². The molecule has 2 aromatic carbocycles. The Morgan fingerprint density at radius 3 is 2.47 bits per heavy atom. The molecular weight excluding hydrogens is 424 g/mol. The molecule has 2 heterocycles. The van der Waals surface area contributed by atoms with Crippen molar-refractivity contribution in [2.75, 3.05) is 13.1 Å². The van der Waals surface area contributed by atoms with Gasteiger partial charge in [-0.2, -0.15) is 0 Å². The number of hydrogen-bond acceptors (Lipinski definition) is 4. The maximum absolute atomic E-state index is 12.5. The maximum Gasteiger partial charge on any atom is 0.246 e. The van der Waals surface area contributed by atoms with Crippen molar-refractivity contribution < 1.29 is 17.6 Å². The lowest BCUT2D eigenvalue weighted by Gasteiger charge is -2.25. The number of carbonyl (C=O) groups is 1. The zero-order valence-corrected chi connectivity index (χ0v) is 18.3. The summed E-state index contributed by atoms with van der Waals surface area (Å²) in [5, 5.41) is 0. The third-order valence-corrected chi connectivity index (χ3v) is 6.71. The molecule has 1 aliphatic rings. The Kier molecular flexibility index (Phi) is 6.68. The molecule has 32 heavy (non-hydrogen) atoms. The topological polar surface area (TPSA) is 79.6 Å². The fraction of sp³-hybridized carbons (Fsp3) is 0.160. The Hall–Kier alpha value is -3.42. The van der Waals surface area contributed by atoms with Crippen LogP contribution in [0.25, 0.3) is 11.6 Å². The smallest absolute Gasteiger partial charge is 0.246 e. The highest BCUT2D eigenvalue weighted by molar-refractivity contribution is 7.89. The summed E-state index contributed by atoms with van der Waals surface area (Å²) in [5.41, 5.74) is 3.21. The van der Waals surface area contributed by atoms with Crippen molar-refractivity contribution in [2.45, 2.75) is 17.9 Å². The molecule has 1 amide bonds. The average molecular weight is 449 g/mol. The van der Waals surface area contributed by atoms with Gasteiger partial charge >= 0.3 is 0 Å². The molecule has 4 rings (SSSR count). The fourth-order valence-corrected chi connectivity index (χ4v) is 4.47. The second kappa shape index (κ2) is 9.80. The van der Waals surface area contributed by atoms with E-state index < -0.39 is 10.0 Å². The number of sulfonamides is 1. The summed E-state index contributed by atoms with van der Waals surface area (Å²) < 4.78 is 32.4. The van der Waals surface area contributed by atoms with Crippen molar-refractivity contribution in [3.63, 3.8) is 0 Å². The SMILES string of the molecule is O=C(/C=C/c1ccc(S(=O)(=O)NCc2ccco2)cc1)N1CC=C(c2ccccc2)CC1. The van der Waals surface area contributed by atoms with Gasteiger partial charge in [0.1, 0.15) is 5.76 Å². The van der Waals surface area contributed by atoms with E-state index in [2.05, 4.69) is 22.9 Å². The lowest BCUT2D eigenvalue weighted by atomic mass is 9.99. The molecule has 0 aliphatic carbocycles.